The van der Waals surface area contributed by atoms with Crippen molar-refractivity contribution >= 4 is 0 Å². The van der Waals surface area contributed by atoms with Crippen LogP contribution in [0.2, 0.25) is 0 Å². The normalized spacial score (nSPS) is 20.9. The van der Waals surface area contributed by atoms with Crippen LogP contribution in [-0.4, -0.2) is 68.5 Å². The number of likely N-dealkylation sites (tertiary alicyclic amines) is 2. The summed E-state index contributed by atoms with van der Waals surface area (Å²) in [7, 11) is 0. The summed E-state index contributed by atoms with van der Waals surface area (Å²) >= 11 is 0. The van der Waals surface area contributed by atoms with E-state index in [4.69, 9.17) is 0 Å². The van der Waals surface area contributed by atoms with Gasteiger partial charge >= 0.3 is 0 Å². The van der Waals surface area contributed by atoms with Crippen LogP contribution in [0.5, 0.6) is 23.0 Å². The van der Waals surface area contributed by atoms with Crippen molar-refractivity contribution in [2.24, 2.45) is 0 Å². The highest BCUT2D eigenvalue weighted by Crippen LogP contribution is 2.29. The van der Waals surface area contributed by atoms with Crippen LogP contribution in [0, 0.1) is 0 Å². The molecule has 0 amide bonds. The Morgan fingerprint density at radius 1 is 0.556 bits per heavy atom. The van der Waals surface area contributed by atoms with Crippen LogP contribution in [0.1, 0.15) is 75.3 Å². The first-order valence-corrected chi connectivity index (χ1v) is 14.0. The van der Waals surface area contributed by atoms with Crippen molar-refractivity contribution in [1.82, 2.24) is 9.80 Å². The Balaban J connectivity index is 1.07. The summed E-state index contributed by atoms with van der Waals surface area (Å²) in [5.41, 5.74) is 2.20. The molecule has 0 aliphatic carbocycles. The van der Waals surface area contributed by atoms with E-state index < -0.39 is 0 Å². The van der Waals surface area contributed by atoms with E-state index in [0.717, 1.165) is 37.1 Å². The molecule has 0 bridgehead atoms. The molecule has 2 heterocycles. The Labute approximate surface area is 216 Å². The molecule has 2 aromatic carbocycles. The fourth-order valence-corrected chi connectivity index (χ4v) is 6.11. The highest BCUT2D eigenvalue weighted by Gasteiger charge is 2.25. The summed E-state index contributed by atoms with van der Waals surface area (Å²) in [5, 5.41) is 38.6. The Hall–Kier alpha value is -2.44. The van der Waals surface area contributed by atoms with Gasteiger partial charge in [-0.1, -0.05) is 37.8 Å². The minimum Gasteiger partial charge on any atom is -0.504 e. The zero-order valence-electron chi connectivity index (χ0n) is 21.6. The molecule has 36 heavy (non-hydrogen) atoms. The lowest BCUT2D eigenvalue weighted by molar-refractivity contribution is 0.242. The molecule has 2 aliphatic rings. The number of aromatic hydroxyl groups is 4. The summed E-state index contributed by atoms with van der Waals surface area (Å²) in [6, 6.07) is 11.5. The van der Waals surface area contributed by atoms with E-state index >= 15 is 0 Å². The minimum absolute atomic E-state index is 0.0186. The number of benzene rings is 2. The van der Waals surface area contributed by atoms with Gasteiger partial charge in [-0.2, -0.15) is 0 Å². The van der Waals surface area contributed by atoms with E-state index in [0.29, 0.717) is 12.1 Å². The van der Waals surface area contributed by atoms with Crippen molar-refractivity contribution in [2.75, 3.05) is 26.2 Å². The van der Waals surface area contributed by atoms with Crippen LogP contribution in [-0.2, 0) is 12.8 Å². The van der Waals surface area contributed by atoms with Gasteiger partial charge in [0.2, 0.25) is 0 Å². The second-order valence-electron chi connectivity index (χ2n) is 10.8. The van der Waals surface area contributed by atoms with E-state index in [1.807, 2.05) is 12.1 Å². The van der Waals surface area contributed by atoms with Gasteiger partial charge in [0.25, 0.3) is 0 Å². The Bertz CT molecular complexity index is 888. The largest absolute Gasteiger partial charge is 0.504 e. The molecule has 2 aliphatic heterocycles. The van der Waals surface area contributed by atoms with Gasteiger partial charge in [-0.05, 0) is 113 Å². The van der Waals surface area contributed by atoms with Gasteiger partial charge in [0.1, 0.15) is 0 Å². The van der Waals surface area contributed by atoms with E-state index in [2.05, 4.69) is 9.80 Å². The average Bonchev–Trinajstić information content (AvgIpc) is 3.49. The molecule has 2 fully saturated rings. The predicted molar refractivity (Wildman–Crippen MR) is 144 cm³/mol. The summed E-state index contributed by atoms with van der Waals surface area (Å²) < 4.78 is 0. The first kappa shape index (κ1) is 26.6. The molecule has 0 saturated carbocycles. The molecule has 2 saturated heterocycles. The van der Waals surface area contributed by atoms with Crippen LogP contribution in [0.25, 0.3) is 0 Å². The maximum atomic E-state index is 9.77. The number of phenols is 4. The van der Waals surface area contributed by atoms with Gasteiger partial charge in [0, 0.05) is 12.1 Å². The van der Waals surface area contributed by atoms with Crippen molar-refractivity contribution in [2.45, 2.75) is 89.1 Å². The minimum atomic E-state index is -0.0440. The standard InChI is InChI=1S/C30H44N2O4/c33-27-13-11-23(21-29(27)35)19-25-9-7-17-31(25)15-5-3-1-2-4-6-16-32-18-8-10-26(32)20-24-12-14-28(34)30(36)22-24/h11-14,21-22,25-26,33-36H,1-10,15-20H2/t25-,26-/m0/s1. The molecule has 0 unspecified atom stereocenters. The van der Waals surface area contributed by atoms with Gasteiger partial charge in [-0.3, -0.25) is 0 Å². The van der Waals surface area contributed by atoms with Crippen molar-refractivity contribution in [3.8, 4) is 23.0 Å². The van der Waals surface area contributed by atoms with Gasteiger partial charge in [-0.15, -0.1) is 0 Å². The fourth-order valence-electron chi connectivity index (χ4n) is 6.11. The molecule has 0 radical (unpaired) electrons. The molecule has 6 nitrogen and oxygen atoms in total. The first-order valence-electron chi connectivity index (χ1n) is 14.0. The molecule has 0 aromatic heterocycles. The Morgan fingerprint density at radius 3 is 1.39 bits per heavy atom. The highest BCUT2D eigenvalue weighted by molar-refractivity contribution is 5.41. The topological polar surface area (TPSA) is 87.4 Å². The maximum absolute atomic E-state index is 9.77. The third-order valence-corrected chi connectivity index (χ3v) is 8.16. The SMILES string of the molecule is Oc1ccc(C[C@@H]2CCCN2CCCCCCCCN2CCC[C@H]2Cc2ccc(O)c(O)c2)cc1O. The van der Waals surface area contributed by atoms with Gasteiger partial charge in [0.15, 0.2) is 23.0 Å². The number of unbranched alkanes of at least 4 members (excludes halogenated alkanes) is 5. The third-order valence-electron chi connectivity index (χ3n) is 8.16. The summed E-state index contributed by atoms with van der Waals surface area (Å²) in [4.78, 5) is 5.23. The van der Waals surface area contributed by atoms with Crippen molar-refractivity contribution in [3.05, 3.63) is 47.5 Å². The highest BCUT2D eigenvalue weighted by atomic mass is 16.3. The Kier molecular flexibility index (Phi) is 9.76. The lowest BCUT2D eigenvalue weighted by Crippen LogP contribution is -2.32. The molecular weight excluding hydrogens is 452 g/mol. The predicted octanol–water partition coefficient (Wildman–Crippen LogP) is 5.56. The molecule has 2 aromatic rings. The lowest BCUT2D eigenvalue weighted by Gasteiger charge is -2.25. The van der Waals surface area contributed by atoms with Crippen LogP contribution < -0.4 is 0 Å². The van der Waals surface area contributed by atoms with Crippen molar-refractivity contribution < 1.29 is 20.4 Å². The number of hydrogen-bond donors (Lipinski definition) is 4. The van der Waals surface area contributed by atoms with Crippen LogP contribution in [0.4, 0.5) is 0 Å². The summed E-state index contributed by atoms with van der Waals surface area (Å²) in [6.07, 6.45) is 14.5. The smallest absolute Gasteiger partial charge is 0.157 e. The summed E-state index contributed by atoms with van der Waals surface area (Å²) in [6.45, 7) is 4.68. The van der Waals surface area contributed by atoms with Crippen LogP contribution in [0.3, 0.4) is 0 Å². The first-order chi connectivity index (χ1) is 17.5. The van der Waals surface area contributed by atoms with Gasteiger partial charge in [-0.25, -0.2) is 0 Å². The number of rotatable bonds is 13. The van der Waals surface area contributed by atoms with E-state index in [-0.39, 0.29) is 23.0 Å². The molecule has 4 N–H and O–H groups in total. The van der Waals surface area contributed by atoms with Crippen LogP contribution >= 0.6 is 0 Å². The van der Waals surface area contributed by atoms with E-state index in [9.17, 15) is 20.4 Å². The molecule has 198 valence electrons. The second-order valence-corrected chi connectivity index (χ2v) is 10.8. The van der Waals surface area contributed by atoms with Gasteiger partial charge in [0.05, 0.1) is 0 Å². The second kappa shape index (κ2) is 13.2. The Morgan fingerprint density at radius 2 is 0.972 bits per heavy atom. The molecular formula is C30H44N2O4. The van der Waals surface area contributed by atoms with Crippen LogP contribution in [0.15, 0.2) is 36.4 Å². The lowest BCUT2D eigenvalue weighted by atomic mass is 10.0. The third kappa shape index (κ3) is 7.53. The van der Waals surface area contributed by atoms with E-state index in [1.54, 1.807) is 24.3 Å². The maximum Gasteiger partial charge on any atom is 0.157 e. The van der Waals surface area contributed by atoms with Crippen molar-refractivity contribution in [3.63, 3.8) is 0 Å². The van der Waals surface area contributed by atoms with Gasteiger partial charge < -0.3 is 30.2 Å². The number of hydrogen-bond acceptors (Lipinski definition) is 6. The van der Waals surface area contributed by atoms with E-state index in [1.165, 1.54) is 77.3 Å². The average molecular weight is 497 g/mol. The molecule has 4 rings (SSSR count). The molecule has 0 spiro atoms. The quantitative estimate of drug-likeness (QED) is 0.214. The zero-order chi connectivity index (χ0) is 25.3. The number of phenolic OH excluding ortho intramolecular Hbond substituents is 4. The monoisotopic (exact) mass is 496 g/mol. The molecule has 2 atom stereocenters. The number of nitrogens with zero attached hydrogens (tertiary/aromatic N) is 2. The van der Waals surface area contributed by atoms with Crippen molar-refractivity contribution in [1.29, 1.82) is 0 Å². The summed E-state index contributed by atoms with van der Waals surface area (Å²) in [5.74, 6) is -0.125. The molecule has 6 heteroatoms. The zero-order valence-corrected chi connectivity index (χ0v) is 21.6. The fraction of sp³-hybridized carbons (Fsp3) is 0.600.